The summed E-state index contributed by atoms with van der Waals surface area (Å²) in [5.41, 5.74) is 3.06. The van der Waals surface area contributed by atoms with Gasteiger partial charge in [-0.2, -0.15) is 13.2 Å². The summed E-state index contributed by atoms with van der Waals surface area (Å²) in [5, 5.41) is 2.97. The summed E-state index contributed by atoms with van der Waals surface area (Å²) in [5.74, 6) is -0.268. The smallest absolute Gasteiger partial charge is 0.367 e. The Morgan fingerprint density at radius 2 is 1.85 bits per heavy atom. The molecule has 2 aromatic carbocycles. The first-order valence-electron chi connectivity index (χ1n) is 8.39. The van der Waals surface area contributed by atoms with E-state index in [4.69, 9.17) is 0 Å². The fraction of sp³-hybridized carbons (Fsp3) is 0.350. The van der Waals surface area contributed by atoms with Crippen molar-refractivity contribution in [3.63, 3.8) is 0 Å². The highest BCUT2D eigenvalue weighted by Crippen LogP contribution is 2.19. The lowest BCUT2D eigenvalue weighted by Crippen LogP contribution is -2.28. The van der Waals surface area contributed by atoms with Gasteiger partial charge in [0.2, 0.25) is 0 Å². The van der Waals surface area contributed by atoms with E-state index in [0.29, 0.717) is 11.1 Å². The monoisotopic (exact) mass is 365 g/mol. The summed E-state index contributed by atoms with van der Waals surface area (Å²) in [6, 6.07) is 14.2. The SMILES string of the molecule is CC[C@H](NC(=O)c1cccc(COCC(F)(F)F)c1)c1ccc(C)cc1. The molecule has 2 rings (SSSR count). The van der Waals surface area contributed by atoms with Gasteiger partial charge in [-0.3, -0.25) is 4.79 Å². The van der Waals surface area contributed by atoms with Gasteiger partial charge in [0.1, 0.15) is 6.61 Å². The maximum absolute atomic E-state index is 12.5. The molecule has 6 heteroatoms. The van der Waals surface area contributed by atoms with Gasteiger partial charge in [0.25, 0.3) is 5.91 Å². The summed E-state index contributed by atoms with van der Waals surface area (Å²) in [4.78, 5) is 12.5. The maximum atomic E-state index is 12.5. The molecule has 0 saturated heterocycles. The predicted molar refractivity (Wildman–Crippen MR) is 93.8 cm³/mol. The number of amides is 1. The number of halogens is 3. The van der Waals surface area contributed by atoms with Crippen LogP contribution >= 0.6 is 0 Å². The third-order valence-electron chi connectivity index (χ3n) is 3.92. The summed E-state index contributed by atoms with van der Waals surface area (Å²) in [6.07, 6.45) is -3.64. The van der Waals surface area contributed by atoms with Crippen LogP contribution in [-0.4, -0.2) is 18.7 Å². The Balaban J connectivity index is 2.02. The van der Waals surface area contributed by atoms with E-state index in [0.717, 1.165) is 17.5 Å². The molecule has 140 valence electrons. The highest BCUT2D eigenvalue weighted by atomic mass is 19.4. The molecule has 0 saturated carbocycles. The molecule has 0 fully saturated rings. The number of ether oxygens (including phenoxy) is 1. The molecule has 0 aliphatic carbocycles. The zero-order chi connectivity index (χ0) is 19.2. The molecule has 0 unspecified atom stereocenters. The molecule has 1 amide bonds. The molecular weight excluding hydrogens is 343 g/mol. The molecule has 0 radical (unpaired) electrons. The fourth-order valence-corrected chi connectivity index (χ4v) is 2.55. The van der Waals surface area contributed by atoms with Crippen molar-refractivity contribution in [2.24, 2.45) is 0 Å². The van der Waals surface area contributed by atoms with Gasteiger partial charge in [-0.1, -0.05) is 48.9 Å². The second kappa shape index (κ2) is 8.85. The minimum Gasteiger partial charge on any atom is -0.367 e. The van der Waals surface area contributed by atoms with Gasteiger partial charge in [0.15, 0.2) is 0 Å². The van der Waals surface area contributed by atoms with E-state index in [-0.39, 0.29) is 18.6 Å². The number of hydrogen-bond acceptors (Lipinski definition) is 2. The topological polar surface area (TPSA) is 38.3 Å². The minimum absolute atomic E-state index is 0.131. The zero-order valence-electron chi connectivity index (χ0n) is 14.8. The first kappa shape index (κ1) is 20.0. The number of rotatable bonds is 7. The standard InChI is InChI=1S/C20H22F3NO2/c1-3-18(16-9-7-14(2)8-10-16)24-19(25)17-6-4-5-15(11-17)12-26-13-20(21,22)23/h4-11,18H,3,12-13H2,1-2H3,(H,24,25)/t18-/m0/s1. The first-order valence-corrected chi connectivity index (χ1v) is 8.39. The van der Waals surface area contributed by atoms with E-state index < -0.39 is 12.8 Å². The van der Waals surface area contributed by atoms with Gasteiger partial charge in [-0.15, -0.1) is 0 Å². The third-order valence-corrected chi connectivity index (χ3v) is 3.92. The third kappa shape index (κ3) is 6.19. The zero-order valence-corrected chi connectivity index (χ0v) is 14.8. The maximum Gasteiger partial charge on any atom is 0.411 e. The van der Waals surface area contributed by atoms with E-state index in [1.54, 1.807) is 24.3 Å². The molecule has 0 aliphatic rings. The van der Waals surface area contributed by atoms with Crippen molar-refractivity contribution in [2.45, 2.75) is 39.1 Å². The number of aryl methyl sites for hydroxylation is 1. The van der Waals surface area contributed by atoms with E-state index in [1.165, 1.54) is 0 Å². The molecule has 1 N–H and O–H groups in total. The number of carbonyl (C=O) groups excluding carboxylic acids is 1. The van der Waals surface area contributed by atoms with Crippen LogP contribution in [0.15, 0.2) is 48.5 Å². The Bertz CT molecular complexity index is 727. The number of hydrogen-bond donors (Lipinski definition) is 1. The van der Waals surface area contributed by atoms with Crippen molar-refractivity contribution in [3.05, 3.63) is 70.8 Å². The van der Waals surface area contributed by atoms with Crippen LogP contribution in [0.25, 0.3) is 0 Å². The van der Waals surface area contributed by atoms with Crippen LogP contribution < -0.4 is 5.32 Å². The van der Waals surface area contributed by atoms with Crippen LogP contribution in [0.4, 0.5) is 13.2 Å². The molecule has 0 heterocycles. The molecule has 0 aromatic heterocycles. The molecule has 0 bridgehead atoms. The molecule has 0 spiro atoms. The highest BCUT2D eigenvalue weighted by molar-refractivity contribution is 5.94. The first-order chi connectivity index (χ1) is 12.3. The van der Waals surface area contributed by atoms with Gasteiger partial charge >= 0.3 is 6.18 Å². The second-order valence-corrected chi connectivity index (χ2v) is 6.15. The average Bonchev–Trinajstić information content (AvgIpc) is 2.59. The number of carbonyl (C=O) groups is 1. The van der Waals surface area contributed by atoms with Crippen LogP contribution in [0.1, 0.15) is 46.4 Å². The van der Waals surface area contributed by atoms with Gasteiger partial charge < -0.3 is 10.1 Å². The summed E-state index contributed by atoms with van der Waals surface area (Å²) < 4.78 is 41.1. The number of alkyl halides is 3. The van der Waals surface area contributed by atoms with Crippen molar-refractivity contribution in [2.75, 3.05) is 6.61 Å². The van der Waals surface area contributed by atoms with Crippen LogP contribution in [0, 0.1) is 6.92 Å². The van der Waals surface area contributed by atoms with Crippen LogP contribution in [-0.2, 0) is 11.3 Å². The largest absolute Gasteiger partial charge is 0.411 e. The number of nitrogens with one attached hydrogen (secondary N) is 1. The van der Waals surface area contributed by atoms with Gasteiger partial charge in [-0.05, 0) is 36.6 Å². The summed E-state index contributed by atoms with van der Waals surface area (Å²) >= 11 is 0. The van der Waals surface area contributed by atoms with Crippen molar-refractivity contribution in [1.82, 2.24) is 5.32 Å². The van der Waals surface area contributed by atoms with Gasteiger partial charge in [0.05, 0.1) is 12.6 Å². The van der Waals surface area contributed by atoms with E-state index in [1.807, 2.05) is 38.1 Å². The van der Waals surface area contributed by atoms with Crippen molar-refractivity contribution >= 4 is 5.91 Å². The molecular formula is C20H22F3NO2. The van der Waals surface area contributed by atoms with E-state index >= 15 is 0 Å². The van der Waals surface area contributed by atoms with Crippen LogP contribution in [0.2, 0.25) is 0 Å². The Kier molecular flexibility index (Phi) is 6.80. The second-order valence-electron chi connectivity index (χ2n) is 6.15. The molecule has 2 aromatic rings. The highest BCUT2D eigenvalue weighted by Gasteiger charge is 2.27. The average molecular weight is 365 g/mol. The fourth-order valence-electron chi connectivity index (χ4n) is 2.55. The van der Waals surface area contributed by atoms with Crippen LogP contribution in [0.3, 0.4) is 0 Å². The quantitative estimate of drug-likeness (QED) is 0.753. The lowest BCUT2D eigenvalue weighted by atomic mass is 10.0. The van der Waals surface area contributed by atoms with Gasteiger partial charge in [0, 0.05) is 5.56 Å². The van der Waals surface area contributed by atoms with Crippen LogP contribution in [0.5, 0.6) is 0 Å². The van der Waals surface area contributed by atoms with Crippen molar-refractivity contribution in [1.29, 1.82) is 0 Å². The van der Waals surface area contributed by atoms with Crippen molar-refractivity contribution in [3.8, 4) is 0 Å². The summed E-state index contributed by atoms with van der Waals surface area (Å²) in [7, 11) is 0. The van der Waals surface area contributed by atoms with Crippen molar-refractivity contribution < 1.29 is 22.7 Å². The lowest BCUT2D eigenvalue weighted by molar-refractivity contribution is -0.176. The molecule has 0 aliphatic heterocycles. The van der Waals surface area contributed by atoms with E-state index in [9.17, 15) is 18.0 Å². The molecule has 3 nitrogen and oxygen atoms in total. The number of benzene rings is 2. The Hall–Kier alpha value is -2.34. The Morgan fingerprint density at radius 3 is 2.46 bits per heavy atom. The van der Waals surface area contributed by atoms with E-state index in [2.05, 4.69) is 10.1 Å². The normalized spacial score (nSPS) is 12.7. The lowest BCUT2D eigenvalue weighted by Gasteiger charge is -2.18. The molecule has 26 heavy (non-hydrogen) atoms. The molecule has 1 atom stereocenters. The Labute approximate surface area is 151 Å². The van der Waals surface area contributed by atoms with Gasteiger partial charge in [-0.25, -0.2) is 0 Å². The minimum atomic E-state index is -4.36. The summed E-state index contributed by atoms with van der Waals surface area (Å²) in [6.45, 7) is 2.46. The Morgan fingerprint density at radius 1 is 1.15 bits per heavy atom. The predicted octanol–water partition coefficient (Wildman–Crippen LogP) is 4.96.